The van der Waals surface area contributed by atoms with E-state index < -0.39 is 16.6 Å². The van der Waals surface area contributed by atoms with Crippen LogP contribution >= 0.6 is 11.6 Å². The van der Waals surface area contributed by atoms with Gasteiger partial charge in [-0.25, -0.2) is 4.39 Å². The molecule has 0 unspecified atom stereocenters. The Morgan fingerprint density at radius 3 is 2.74 bits per heavy atom. The summed E-state index contributed by atoms with van der Waals surface area (Å²) in [5, 5.41) is 27.5. The van der Waals surface area contributed by atoms with Crippen molar-refractivity contribution in [3.8, 4) is 11.8 Å². The van der Waals surface area contributed by atoms with Crippen molar-refractivity contribution >= 4 is 51.3 Å². The van der Waals surface area contributed by atoms with E-state index in [0.717, 1.165) is 0 Å². The van der Waals surface area contributed by atoms with E-state index in [1.165, 1.54) is 36.8 Å². The summed E-state index contributed by atoms with van der Waals surface area (Å²) in [6.07, 6.45) is 5.87. The molecule has 222 valence electrons. The number of fused-ring (bicyclic) bond motifs is 1. The van der Waals surface area contributed by atoms with Gasteiger partial charge in [-0.15, -0.1) is 0 Å². The van der Waals surface area contributed by atoms with Crippen molar-refractivity contribution < 1.29 is 23.3 Å². The van der Waals surface area contributed by atoms with Crippen LogP contribution in [0.4, 0.5) is 27.3 Å². The van der Waals surface area contributed by atoms with Crippen molar-refractivity contribution in [3.63, 3.8) is 0 Å². The SMILES string of the molecule is CCOc1cc2ncc(C#N)c(Nc3ccc(F)c(Cl)c3)c2cc1NC(=O)/C=C/C[N+](C)(C)Cc1c([N+](=O)[O-])ncn1C. The number of carbonyl (C=O) groups excluding carboxylic acids is 1. The summed E-state index contributed by atoms with van der Waals surface area (Å²) in [5.74, 6) is -0.826. The van der Waals surface area contributed by atoms with Crippen molar-refractivity contribution in [2.45, 2.75) is 13.5 Å². The topological polar surface area (TPSA) is 148 Å². The number of rotatable bonds is 11. The Bertz CT molecular complexity index is 1780. The van der Waals surface area contributed by atoms with Crippen LogP contribution in [0.1, 0.15) is 18.2 Å². The zero-order valence-electron chi connectivity index (χ0n) is 23.9. The van der Waals surface area contributed by atoms with Crippen molar-refractivity contribution in [3.05, 3.63) is 87.2 Å². The van der Waals surface area contributed by atoms with E-state index in [-0.39, 0.29) is 16.4 Å². The van der Waals surface area contributed by atoms with E-state index in [9.17, 15) is 24.6 Å². The summed E-state index contributed by atoms with van der Waals surface area (Å²) >= 11 is 5.95. The summed E-state index contributed by atoms with van der Waals surface area (Å²) in [7, 11) is 5.47. The Labute approximate surface area is 251 Å². The Kier molecular flexibility index (Phi) is 9.23. The molecular formula is C29H29ClFN8O4+. The predicted molar refractivity (Wildman–Crippen MR) is 161 cm³/mol. The molecule has 0 aliphatic carbocycles. The Morgan fingerprint density at radius 1 is 1.30 bits per heavy atom. The van der Waals surface area contributed by atoms with Gasteiger partial charge in [0.15, 0.2) is 5.69 Å². The molecule has 0 spiro atoms. The predicted octanol–water partition coefficient (Wildman–Crippen LogP) is 5.45. The molecule has 4 aromatic rings. The second kappa shape index (κ2) is 12.8. The number of carbonyl (C=O) groups is 1. The minimum absolute atomic E-state index is 0.0828. The minimum atomic E-state index is -0.577. The number of nitriles is 1. The van der Waals surface area contributed by atoms with Gasteiger partial charge in [0.1, 0.15) is 24.2 Å². The third-order valence-corrected chi connectivity index (χ3v) is 6.78. The third kappa shape index (κ3) is 7.24. The number of pyridine rings is 1. The van der Waals surface area contributed by atoms with Crippen LogP contribution in [0.2, 0.25) is 5.02 Å². The molecule has 0 aliphatic heterocycles. The first kappa shape index (κ1) is 30.9. The van der Waals surface area contributed by atoms with Gasteiger partial charge in [-0.3, -0.25) is 9.78 Å². The number of ether oxygens (including phenoxy) is 1. The normalized spacial score (nSPS) is 11.5. The monoisotopic (exact) mass is 607 g/mol. The second-order valence-electron chi connectivity index (χ2n) is 10.3. The number of halogens is 2. The molecule has 0 saturated carbocycles. The second-order valence-corrected chi connectivity index (χ2v) is 10.7. The maximum Gasteiger partial charge on any atom is 0.390 e. The van der Waals surface area contributed by atoms with Gasteiger partial charge >= 0.3 is 5.82 Å². The van der Waals surface area contributed by atoms with Crippen LogP contribution in [0.3, 0.4) is 0 Å². The molecule has 0 fully saturated rings. The quantitative estimate of drug-likeness (QED) is 0.0989. The van der Waals surface area contributed by atoms with Crippen LogP contribution in [0.25, 0.3) is 10.9 Å². The van der Waals surface area contributed by atoms with Gasteiger partial charge in [-0.1, -0.05) is 11.6 Å². The molecule has 2 aromatic heterocycles. The first-order valence-electron chi connectivity index (χ1n) is 13.1. The van der Waals surface area contributed by atoms with E-state index in [1.807, 2.05) is 14.1 Å². The number of nitrogens with zero attached hydrogens (tertiary/aromatic N) is 6. The average molecular weight is 608 g/mol. The maximum absolute atomic E-state index is 13.7. The number of hydrogen-bond acceptors (Lipinski definition) is 8. The molecule has 1 amide bonds. The van der Waals surface area contributed by atoms with Crippen LogP contribution in [0.5, 0.6) is 5.75 Å². The standard InChI is InChI=1S/C29H28ClFN8O4/c1-5-43-26-13-23-20(28(18(14-32)15-33-23)35-19-8-9-22(31)21(30)11-19)12-24(26)36-27(40)7-6-10-39(3,4)16-25-29(38(41)42)34-17-37(25)2/h6-9,11-13,15,17H,5,10,16H2,1-4H3,(H-,33,35,36,40)/p+1/b7-6+. The van der Waals surface area contributed by atoms with Gasteiger partial charge in [0.05, 0.1) is 54.7 Å². The molecule has 4 rings (SSSR count). The van der Waals surface area contributed by atoms with Gasteiger partial charge in [0.2, 0.25) is 12.2 Å². The molecule has 2 aromatic carbocycles. The molecule has 0 radical (unpaired) electrons. The van der Waals surface area contributed by atoms with Crippen molar-refractivity contribution in [2.75, 3.05) is 37.9 Å². The molecule has 0 atom stereocenters. The lowest BCUT2D eigenvalue weighted by Crippen LogP contribution is -2.39. The number of benzene rings is 2. The highest BCUT2D eigenvalue weighted by molar-refractivity contribution is 6.31. The number of hydrogen-bond donors (Lipinski definition) is 2. The number of anilines is 3. The van der Waals surface area contributed by atoms with E-state index in [1.54, 1.807) is 36.7 Å². The molecular weight excluding hydrogens is 579 g/mol. The van der Waals surface area contributed by atoms with Crippen molar-refractivity contribution in [1.82, 2.24) is 14.5 Å². The Hall–Kier alpha value is -5.06. The van der Waals surface area contributed by atoms with Gasteiger partial charge in [-0.2, -0.15) is 5.26 Å². The molecule has 0 saturated heterocycles. The first-order valence-corrected chi connectivity index (χ1v) is 13.5. The van der Waals surface area contributed by atoms with Gasteiger partial charge < -0.3 is 34.5 Å². The number of nitro groups is 1. The maximum atomic E-state index is 13.7. The number of imidazole rings is 1. The highest BCUT2D eigenvalue weighted by Crippen LogP contribution is 2.36. The fourth-order valence-electron chi connectivity index (χ4n) is 4.40. The number of amides is 1. The summed E-state index contributed by atoms with van der Waals surface area (Å²) < 4.78 is 21.4. The summed E-state index contributed by atoms with van der Waals surface area (Å²) in [5.41, 5.74) is 2.39. The lowest BCUT2D eigenvalue weighted by molar-refractivity contribution is -0.898. The molecule has 0 aliphatic rings. The Balaban J connectivity index is 1.59. The zero-order valence-corrected chi connectivity index (χ0v) is 24.6. The van der Waals surface area contributed by atoms with E-state index in [0.29, 0.717) is 63.6 Å². The molecule has 14 heteroatoms. The van der Waals surface area contributed by atoms with Crippen molar-refractivity contribution in [2.24, 2.45) is 7.05 Å². The van der Waals surface area contributed by atoms with E-state index >= 15 is 0 Å². The van der Waals surface area contributed by atoms with Crippen LogP contribution in [-0.4, -0.2) is 57.1 Å². The third-order valence-electron chi connectivity index (χ3n) is 6.49. The van der Waals surface area contributed by atoms with Crippen LogP contribution in [0, 0.1) is 27.3 Å². The van der Waals surface area contributed by atoms with E-state index in [2.05, 4.69) is 26.7 Å². The number of quaternary nitrogens is 1. The minimum Gasteiger partial charge on any atom is -0.492 e. The molecule has 2 N–H and O–H groups in total. The lowest BCUT2D eigenvalue weighted by atomic mass is 10.1. The fraction of sp³-hybridized carbons (Fsp3) is 0.241. The van der Waals surface area contributed by atoms with Crippen LogP contribution < -0.4 is 15.4 Å². The van der Waals surface area contributed by atoms with Crippen molar-refractivity contribution in [1.29, 1.82) is 5.26 Å². The first-order chi connectivity index (χ1) is 20.4. The summed E-state index contributed by atoms with van der Waals surface area (Å²) in [6, 6.07) is 9.50. The number of aromatic nitrogens is 3. The van der Waals surface area contributed by atoms with Gasteiger partial charge in [-0.05, 0) is 47.2 Å². The average Bonchev–Trinajstić information content (AvgIpc) is 3.30. The smallest absolute Gasteiger partial charge is 0.390 e. The molecule has 43 heavy (non-hydrogen) atoms. The summed E-state index contributed by atoms with van der Waals surface area (Å²) in [6.45, 7) is 2.85. The lowest BCUT2D eigenvalue weighted by Gasteiger charge is -2.28. The zero-order chi connectivity index (χ0) is 31.3. The highest BCUT2D eigenvalue weighted by Gasteiger charge is 2.27. The van der Waals surface area contributed by atoms with Crippen LogP contribution in [0.15, 0.2) is 55.0 Å². The number of aryl methyl sites for hydroxylation is 1. The van der Waals surface area contributed by atoms with Gasteiger partial charge in [0, 0.05) is 36.5 Å². The van der Waals surface area contributed by atoms with Gasteiger partial charge in [0.25, 0.3) is 0 Å². The van der Waals surface area contributed by atoms with E-state index in [4.69, 9.17) is 16.3 Å². The highest BCUT2D eigenvalue weighted by atomic mass is 35.5. The largest absolute Gasteiger partial charge is 0.492 e. The Morgan fingerprint density at radius 2 is 2.07 bits per heavy atom. The molecule has 12 nitrogen and oxygen atoms in total. The molecule has 0 bridgehead atoms. The summed E-state index contributed by atoms with van der Waals surface area (Å²) in [4.78, 5) is 32.0. The van der Waals surface area contributed by atoms with Crippen LogP contribution in [-0.2, 0) is 18.4 Å². The molecule has 2 heterocycles. The number of likely N-dealkylation sites (N-methyl/N-ethyl adjacent to an activating group) is 1. The fourth-order valence-corrected chi connectivity index (χ4v) is 4.58. The number of nitrogens with one attached hydrogen (secondary N) is 2.